The Kier molecular flexibility index (Phi) is 3.66. The van der Waals surface area contributed by atoms with Crippen LogP contribution in [0.5, 0.6) is 11.5 Å². The fourth-order valence-corrected chi connectivity index (χ4v) is 2.79. The normalized spacial score (nSPS) is 12.9. The van der Waals surface area contributed by atoms with Crippen molar-refractivity contribution < 1.29 is 9.47 Å². The summed E-state index contributed by atoms with van der Waals surface area (Å²) in [6.07, 6.45) is 0.975. The van der Waals surface area contributed by atoms with E-state index < -0.39 is 0 Å². The van der Waals surface area contributed by atoms with Gasteiger partial charge in [0.25, 0.3) is 0 Å². The molecule has 19 heavy (non-hydrogen) atoms. The predicted molar refractivity (Wildman–Crippen MR) is 75.9 cm³/mol. The molecule has 0 radical (unpaired) electrons. The van der Waals surface area contributed by atoms with Crippen molar-refractivity contribution in [3.8, 4) is 22.8 Å². The van der Waals surface area contributed by atoms with E-state index in [1.165, 1.54) is 0 Å². The van der Waals surface area contributed by atoms with E-state index in [-0.39, 0.29) is 0 Å². The van der Waals surface area contributed by atoms with Crippen LogP contribution in [0, 0.1) is 0 Å². The molecule has 0 spiro atoms. The molecule has 0 aliphatic carbocycles. The molecule has 1 aliphatic heterocycles. The molecule has 1 aromatic heterocycles. The van der Waals surface area contributed by atoms with Crippen LogP contribution >= 0.6 is 11.3 Å². The maximum atomic E-state index is 5.39. The quantitative estimate of drug-likeness (QED) is 0.853. The lowest BCUT2D eigenvalue weighted by Gasteiger charge is -2.00. The summed E-state index contributed by atoms with van der Waals surface area (Å²) in [5, 5.41) is 6.57. The zero-order chi connectivity index (χ0) is 13.1. The average molecular weight is 276 g/mol. The van der Waals surface area contributed by atoms with Gasteiger partial charge in [-0.2, -0.15) is 0 Å². The molecule has 1 N–H and O–H groups in total. The van der Waals surface area contributed by atoms with E-state index in [4.69, 9.17) is 9.47 Å². The summed E-state index contributed by atoms with van der Waals surface area (Å²) in [5.74, 6) is 1.62. The summed E-state index contributed by atoms with van der Waals surface area (Å²) in [6.45, 7) is 4.40. The predicted octanol–water partition coefficient (Wildman–Crippen LogP) is 2.69. The topological polar surface area (TPSA) is 43.4 Å². The van der Waals surface area contributed by atoms with Gasteiger partial charge in [0.05, 0.1) is 10.7 Å². The van der Waals surface area contributed by atoms with Crippen molar-refractivity contribution in [3.63, 3.8) is 0 Å². The third-order valence-corrected chi connectivity index (χ3v) is 3.89. The maximum Gasteiger partial charge on any atom is 0.231 e. The summed E-state index contributed by atoms with van der Waals surface area (Å²) in [7, 11) is 0. The minimum Gasteiger partial charge on any atom is -0.454 e. The first-order valence-corrected chi connectivity index (χ1v) is 7.30. The van der Waals surface area contributed by atoms with E-state index >= 15 is 0 Å². The number of rotatable bonds is 5. The summed E-state index contributed by atoms with van der Waals surface area (Å²) >= 11 is 1.70. The summed E-state index contributed by atoms with van der Waals surface area (Å²) in [5.41, 5.74) is 2.09. The molecule has 0 atom stereocenters. The van der Waals surface area contributed by atoms with Crippen molar-refractivity contribution in [2.24, 2.45) is 0 Å². The third kappa shape index (κ3) is 2.72. The Balaban J connectivity index is 1.75. The van der Waals surface area contributed by atoms with E-state index in [1.54, 1.807) is 11.3 Å². The number of likely N-dealkylation sites (N-methyl/N-ethyl adjacent to an activating group) is 1. The highest BCUT2D eigenvalue weighted by Gasteiger charge is 2.14. The van der Waals surface area contributed by atoms with Crippen molar-refractivity contribution in [1.82, 2.24) is 10.3 Å². The molecule has 100 valence electrons. The molecule has 2 heterocycles. The number of nitrogens with zero attached hydrogens (tertiary/aromatic N) is 1. The number of hydrogen-bond donors (Lipinski definition) is 1. The zero-order valence-corrected chi connectivity index (χ0v) is 11.6. The lowest BCUT2D eigenvalue weighted by atomic mass is 10.1. The second-order valence-electron chi connectivity index (χ2n) is 4.30. The Hall–Kier alpha value is -1.59. The highest BCUT2D eigenvalue weighted by molar-refractivity contribution is 7.09. The van der Waals surface area contributed by atoms with Crippen LogP contribution in [-0.4, -0.2) is 24.9 Å². The van der Waals surface area contributed by atoms with Crippen molar-refractivity contribution in [2.45, 2.75) is 13.3 Å². The molecule has 3 rings (SSSR count). The van der Waals surface area contributed by atoms with Gasteiger partial charge in [-0.3, -0.25) is 0 Å². The molecule has 5 heteroatoms. The van der Waals surface area contributed by atoms with Crippen LogP contribution in [0.1, 0.15) is 11.9 Å². The van der Waals surface area contributed by atoms with Gasteiger partial charge in [0.2, 0.25) is 6.79 Å². The maximum absolute atomic E-state index is 5.39. The van der Waals surface area contributed by atoms with E-state index in [0.29, 0.717) is 6.79 Å². The fraction of sp³-hybridized carbons (Fsp3) is 0.357. The Morgan fingerprint density at radius 3 is 3.11 bits per heavy atom. The highest BCUT2D eigenvalue weighted by Crippen LogP contribution is 2.36. The van der Waals surface area contributed by atoms with E-state index in [1.807, 2.05) is 18.2 Å². The van der Waals surface area contributed by atoms with Crippen molar-refractivity contribution in [1.29, 1.82) is 0 Å². The Bertz CT molecular complexity index is 568. The van der Waals surface area contributed by atoms with E-state index in [9.17, 15) is 0 Å². The number of fused-ring (bicyclic) bond motifs is 1. The smallest absolute Gasteiger partial charge is 0.231 e. The molecule has 0 saturated carbocycles. The molecule has 0 bridgehead atoms. The third-order valence-electron chi connectivity index (χ3n) is 2.99. The number of benzene rings is 1. The minimum absolute atomic E-state index is 0.309. The lowest BCUT2D eigenvalue weighted by molar-refractivity contribution is 0.174. The first-order chi connectivity index (χ1) is 9.36. The summed E-state index contributed by atoms with van der Waals surface area (Å²) < 4.78 is 10.7. The first-order valence-electron chi connectivity index (χ1n) is 6.42. The van der Waals surface area contributed by atoms with Gasteiger partial charge in [0, 0.05) is 23.9 Å². The molecule has 1 aromatic carbocycles. The summed E-state index contributed by atoms with van der Waals surface area (Å²) in [4.78, 5) is 4.66. The lowest BCUT2D eigenvalue weighted by Crippen LogP contribution is -2.15. The Morgan fingerprint density at radius 1 is 1.32 bits per heavy atom. The van der Waals surface area contributed by atoms with Crippen molar-refractivity contribution >= 4 is 11.3 Å². The van der Waals surface area contributed by atoms with Gasteiger partial charge < -0.3 is 14.8 Å². The van der Waals surface area contributed by atoms with Crippen LogP contribution in [0.15, 0.2) is 23.6 Å². The van der Waals surface area contributed by atoms with E-state index in [2.05, 4.69) is 22.6 Å². The van der Waals surface area contributed by atoms with Gasteiger partial charge in [-0.15, -0.1) is 11.3 Å². The zero-order valence-electron chi connectivity index (χ0n) is 10.8. The number of hydrogen-bond acceptors (Lipinski definition) is 5. The molecule has 0 saturated heterocycles. The second-order valence-corrected chi connectivity index (χ2v) is 5.24. The standard InChI is InChI=1S/C14H16N2O2S/c1-2-15-6-5-14-16-11(8-19-14)10-3-4-12-13(7-10)18-9-17-12/h3-4,7-8,15H,2,5-6,9H2,1H3. The van der Waals surface area contributed by atoms with E-state index in [0.717, 1.165) is 47.3 Å². The minimum atomic E-state index is 0.309. The van der Waals surface area contributed by atoms with Crippen LogP contribution in [-0.2, 0) is 6.42 Å². The summed E-state index contributed by atoms with van der Waals surface area (Å²) in [6, 6.07) is 5.96. The second kappa shape index (κ2) is 5.59. The number of aromatic nitrogens is 1. The van der Waals surface area contributed by atoms with Gasteiger partial charge in [0.15, 0.2) is 11.5 Å². The molecule has 0 amide bonds. The number of thiazole rings is 1. The monoisotopic (exact) mass is 276 g/mol. The first kappa shape index (κ1) is 12.4. The van der Waals surface area contributed by atoms with Crippen LogP contribution in [0.2, 0.25) is 0 Å². The van der Waals surface area contributed by atoms with Crippen LogP contribution in [0.3, 0.4) is 0 Å². The molecule has 2 aromatic rings. The Morgan fingerprint density at radius 2 is 2.21 bits per heavy atom. The van der Waals surface area contributed by atoms with Gasteiger partial charge in [-0.1, -0.05) is 6.92 Å². The van der Waals surface area contributed by atoms with Crippen LogP contribution in [0.4, 0.5) is 0 Å². The Labute approximate surface area is 116 Å². The van der Waals surface area contributed by atoms with Gasteiger partial charge in [0.1, 0.15) is 0 Å². The van der Waals surface area contributed by atoms with Crippen molar-refractivity contribution in [3.05, 3.63) is 28.6 Å². The number of ether oxygens (including phenoxy) is 2. The SMILES string of the molecule is CCNCCc1nc(-c2ccc3c(c2)OCO3)cs1. The molecule has 0 unspecified atom stereocenters. The molecule has 4 nitrogen and oxygen atoms in total. The fourth-order valence-electron chi connectivity index (χ4n) is 1.99. The van der Waals surface area contributed by atoms with Crippen molar-refractivity contribution in [2.75, 3.05) is 19.9 Å². The molecule has 1 aliphatic rings. The van der Waals surface area contributed by atoms with Crippen LogP contribution < -0.4 is 14.8 Å². The molecular weight excluding hydrogens is 260 g/mol. The average Bonchev–Trinajstić information content (AvgIpc) is 3.06. The van der Waals surface area contributed by atoms with Crippen LogP contribution in [0.25, 0.3) is 11.3 Å². The van der Waals surface area contributed by atoms with Gasteiger partial charge >= 0.3 is 0 Å². The largest absolute Gasteiger partial charge is 0.454 e. The van der Waals surface area contributed by atoms with Gasteiger partial charge in [-0.05, 0) is 24.7 Å². The molecular formula is C14H16N2O2S. The number of nitrogens with one attached hydrogen (secondary N) is 1. The molecule has 0 fully saturated rings. The highest BCUT2D eigenvalue weighted by atomic mass is 32.1. The van der Waals surface area contributed by atoms with Gasteiger partial charge in [-0.25, -0.2) is 4.98 Å².